The van der Waals surface area contributed by atoms with Gasteiger partial charge in [0.15, 0.2) is 0 Å². The van der Waals surface area contributed by atoms with E-state index in [9.17, 15) is 19.5 Å². The van der Waals surface area contributed by atoms with Crippen LogP contribution in [0.5, 0.6) is 0 Å². The van der Waals surface area contributed by atoms with Crippen LogP contribution in [0.4, 0.5) is 4.79 Å². The van der Waals surface area contributed by atoms with E-state index in [4.69, 9.17) is 18.9 Å². The van der Waals surface area contributed by atoms with Gasteiger partial charge in [-0.2, -0.15) is 0 Å². The summed E-state index contributed by atoms with van der Waals surface area (Å²) in [6.07, 6.45) is 4.70. The summed E-state index contributed by atoms with van der Waals surface area (Å²) >= 11 is 0. The van der Waals surface area contributed by atoms with E-state index in [0.29, 0.717) is 6.42 Å². The Labute approximate surface area is 193 Å². The van der Waals surface area contributed by atoms with Gasteiger partial charge in [-0.25, -0.2) is 4.79 Å². The van der Waals surface area contributed by atoms with Gasteiger partial charge in [0.25, 0.3) is 6.29 Å². The predicted octanol–water partition coefficient (Wildman–Crippen LogP) is 3.73. The molecule has 1 fully saturated rings. The van der Waals surface area contributed by atoms with Crippen LogP contribution in [0.1, 0.15) is 51.0 Å². The summed E-state index contributed by atoms with van der Waals surface area (Å²) in [5.74, 6) is -2.27. The van der Waals surface area contributed by atoms with Crippen LogP contribution >= 0.6 is 0 Å². The summed E-state index contributed by atoms with van der Waals surface area (Å²) in [7, 11) is 0. The van der Waals surface area contributed by atoms with E-state index in [2.05, 4.69) is 5.32 Å². The van der Waals surface area contributed by atoms with Crippen molar-refractivity contribution in [3.05, 3.63) is 48.4 Å². The van der Waals surface area contributed by atoms with Gasteiger partial charge in [0.2, 0.25) is 6.29 Å². The quantitative estimate of drug-likeness (QED) is 0.399. The molecule has 0 saturated heterocycles. The third-order valence-electron chi connectivity index (χ3n) is 6.01. The number of hydrogen-bond acceptors (Lipinski definition) is 7. The Kier molecular flexibility index (Phi) is 8.57. The molecule has 0 radical (unpaired) electrons. The Bertz CT molecular complexity index is 826. The second kappa shape index (κ2) is 11.6. The van der Waals surface area contributed by atoms with Crippen molar-refractivity contribution < 1.29 is 38.4 Å². The molecule has 2 atom stereocenters. The zero-order valence-electron chi connectivity index (χ0n) is 18.7. The first-order valence-electron chi connectivity index (χ1n) is 11.2. The fourth-order valence-electron chi connectivity index (χ4n) is 4.37. The van der Waals surface area contributed by atoms with E-state index in [0.717, 1.165) is 37.7 Å². The first kappa shape index (κ1) is 24.4. The van der Waals surface area contributed by atoms with Crippen molar-refractivity contribution >= 4 is 18.0 Å². The monoisotopic (exact) mass is 461 g/mol. The van der Waals surface area contributed by atoms with Gasteiger partial charge < -0.3 is 29.4 Å². The maximum Gasteiger partial charge on any atom is 0.410 e. The van der Waals surface area contributed by atoms with Gasteiger partial charge >= 0.3 is 18.0 Å². The zero-order valence-corrected chi connectivity index (χ0v) is 18.7. The van der Waals surface area contributed by atoms with Crippen molar-refractivity contribution in [1.29, 1.82) is 0 Å². The van der Waals surface area contributed by atoms with Crippen molar-refractivity contribution in [2.24, 2.45) is 11.3 Å². The van der Waals surface area contributed by atoms with E-state index >= 15 is 0 Å². The molecule has 1 heterocycles. The molecule has 3 rings (SSSR count). The molecular formula is C24H31NO8. The summed E-state index contributed by atoms with van der Waals surface area (Å²) < 4.78 is 21.2. The first-order valence-corrected chi connectivity index (χ1v) is 11.2. The standard InChI is InChI=1S/C24H31NO8/c1-17(33-23(29)25-16-24(15-20(26)27)10-6-3-7-11-24)32-21(28)19(22-30-12-13-31-22)14-18-8-4-2-5-9-18/h2,4-5,8-9,12-13,17,19,22H,3,6-7,10-11,14-16H2,1H3,(H,25,29)(H,26,27). The van der Waals surface area contributed by atoms with Crippen LogP contribution in [-0.2, 0) is 35.0 Å². The van der Waals surface area contributed by atoms with Gasteiger partial charge in [0.05, 0.1) is 6.42 Å². The van der Waals surface area contributed by atoms with E-state index in [-0.39, 0.29) is 13.0 Å². The Morgan fingerprint density at radius 2 is 1.76 bits per heavy atom. The normalized spacial score (nSPS) is 18.9. The molecule has 33 heavy (non-hydrogen) atoms. The van der Waals surface area contributed by atoms with Crippen molar-refractivity contribution in [3.8, 4) is 0 Å². The maximum atomic E-state index is 12.8. The highest BCUT2D eigenvalue weighted by Crippen LogP contribution is 2.38. The predicted molar refractivity (Wildman–Crippen MR) is 117 cm³/mol. The number of nitrogens with one attached hydrogen (secondary N) is 1. The van der Waals surface area contributed by atoms with Gasteiger partial charge in [0, 0.05) is 13.5 Å². The number of ether oxygens (including phenoxy) is 4. The highest BCUT2D eigenvalue weighted by Gasteiger charge is 2.37. The number of benzene rings is 1. The lowest BCUT2D eigenvalue weighted by molar-refractivity contribution is -0.181. The second-order valence-electron chi connectivity index (χ2n) is 8.60. The van der Waals surface area contributed by atoms with Crippen LogP contribution in [0.3, 0.4) is 0 Å². The second-order valence-corrected chi connectivity index (χ2v) is 8.60. The summed E-state index contributed by atoms with van der Waals surface area (Å²) in [6.45, 7) is 1.64. The van der Waals surface area contributed by atoms with Gasteiger partial charge in [0.1, 0.15) is 18.4 Å². The van der Waals surface area contributed by atoms with Crippen LogP contribution in [-0.4, -0.2) is 42.3 Å². The molecule has 2 aliphatic rings. The Hall–Kier alpha value is -3.23. The average Bonchev–Trinajstić information content (AvgIpc) is 3.31. The Morgan fingerprint density at radius 3 is 2.39 bits per heavy atom. The van der Waals surface area contributed by atoms with Crippen LogP contribution in [0.25, 0.3) is 0 Å². The van der Waals surface area contributed by atoms with E-state index < -0.39 is 41.9 Å². The minimum Gasteiger partial charge on any atom is -0.481 e. The number of hydrogen-bond donors (Lipinski definition) is 2. The molecule has 2 unspecified atom stereocenters. The SMILES string of the molecule is CC(OC(=O)NCC1(CC(=O)O)CCCCC1)OC(=O)C(Cc1ccccc1)C1OC=CO1. The summed E-state index contributed by atoms with van der Waals surface area (Å²) in [4.78, 5) is 36.4. The average molecular weight is 462 g/mol. The number of amides is 1. The lowest BCUT2D eigenvalue weighted by Gasteiger charge is -2.36. The number of aliphatic carboxylic acids is 1. The number of alkyl carbamates (subject to hydrolysis) is 1. The van der Waals surface area contributed by atoms with Gasteiger partial charge in [-0.3, -0.25) is 9.59 Å². The largest absolute Gasteiger partial charge is 0.481 e. The summed E-state index contributed by atoms with van der Waals surface area (Å²) in [5, 5.41) is 11.9. The Morgan fingerprint density at radius 1 is 1.09 bits per heavy atom. The number of esters is 1. The molecule has 1 aromatic carbocycles. The smallest absolute Gasteiger partial charge is 0.410 e. The molecule has 0 aromatic heterocycles. The molecule has 0 spiro atoms. The summed E-state index contributed by atoms with van der Waals surface area (Å²) in [5.41, 5.74) is 0.426. The van der Waals surface area contributed by atoms with Gasteiger partial charge in [-0.1, -0.05) is 49.6 Å². The molecule has 1 amide bonds. The van der Waals surface area contributed by atoms with Crippen LogP contribution in [0.15, 0.2) is 42.9 Å². The highest BCUT2D eigenvalue weighted by molar-refractivity contribution is 5.74. The molecule has 1 aliphatic carbocycles. The molecule has 0 bridgehead atoms. The van der Waals surface area contributed by atoms with Crippen molar-refractivity contribution in [1.82, 2.24) is 5.32 Å². The lowest BCUT2D eigenvalue weighted by atomic mass is 9.72. The van der Waals surface area contributed by atoms with Crippen LogP contribution in [0.2, 0.25) is 0 Å². The van der Waals surface area contributed by atoms with Crippen LogP contribution in [0, 0.1) is 11.3 Å². The van der Waals surface area contributed by atoms with E-state index in [1.165, 1.54) is 19.4 Å². The molecule has 1 aromatic rings. The van der Waals surface area contributed by atoms with Gasteiger partial charge in [-0.05, 0) is 30.2 Å². The van der Waals surface area contributed by atoms with Gasteiger partial charge in [-0.15, -0.1) is 0 Å². The lowest BCUT2D eigenvalue weighted by Crippen LogP contribution is -2.42. The molecule has 2 N–H and O–H groups in total. The fourth-order valence-corrected chi connectivity index (χ4v) is 4.37. The molecule has 9 heteroatoms. The number of carboxylic acid groups (broad SMARTS) is 1. The minimum atomic E-state index is -1.15. The number of carboxylic acids is 1. The highest BCUT2D eigenvalue weighted by atomic mass is 16.7. The number of carbonyl (C=O) groups is 3. The van der Waals surface area contributed by atoms with Crippen molar-refractivity contribution in [2.45, 2.75) is 64.4 Å². The van der Waals surface area contributed by atoms with E-state index in [1.807, 2.05) is 30.3 Å². The minimum absolute atomic E-state index is 0.00555. The third kappa shape index (κ3) is 7.40. The van der Waals surface area contributed by atoms with Crippen LogP contribution < -0.4 is 5.32 Å². The van der Waals surface area contributed by atoms with Crippen molar-refractivity contribution in [3.63, 3.8) is 0 Å². The number of carbonyl (C=O) groups excluding carboxylic acids is 2. The molecule has 1 saturated carbocycles. The summed E-state index contributed by atoms with van der Waals surface area (Å²) in [6, 6.07) is 9.38. The first-order chi connectivity index (χ1) is 15.9. The fraction of sp³-hybridized carbons (Fsp3) is 0.542. The zero-order chi connectivity index (χ0) is 23.7. The number of rotatable bonds is 10. The Balaban J connectivity index is 1.52. The molecule has 180 valence electrons. The maximum absolute atomic E-state index is 12.8. The van der Waals surface area contributed by atoms with E-state index in [1.54, 1.807) is 0 Å². The molecular weight excluding hydrogens is 430 g/mol. The topological polar surface area (TPSA) is 120 Å². The third-order valence-corrected chi connectivity index (χ3v) is 6.01. The van der Waals surface area contributed by atoms with Crippen molar-refractivity contribution in [2.75, 3.05) is 6.54 Å². The molecule has 1 aliphatic heterocycles. The molecule has 9 nitrogen and oxygen atoms in total.